The molecule has 0 radical (unpaired) electrons. The van der Waals surface area contributed by atoms with Gasteiger partial charge in [0.1, 0.15) is 0 Å². The van der Waals surface area contributed by atoms with Crippen LogP contribution in [-0.4, -0.2) is 49.8 Å². The first-order valence-electron chi connectivity index (χ1n) is 6.50. The van der Waals surface area contributed by atoms with Gasteiger partial charge >= 0.3 is 0 Å². The minimum absolute atomic E-state index is 0.191. The number of thioether (sulfide) groups is 1. The fraction of sp³-hybridized carbons (Fsp3) is 0.917. The zero-order chi connectivity index (χ0) is 11.9. The van der Waals surface area contributed by atoms with Gasteiger partial charge in [-0.1, -0.05) is 0 Å². The van der Waals surface area contributed by atoms with Crippen LogP contribution in [0.4, 0.5) is 0 Å². The summed E-state index contributed by atoms with van der Waals surface area (Å²) in [6.07, 6.45) is 2.78. The van der Waals surface area contributed by atoms with Crippen molar-refractivity contribution >= 4 is 17.7 Å². The van der Waals surface area contributed by atoms with Crippen molar-refractivity contribution in [2.45, 2.75) is 25.3 Å². The smallest absolute Gasteiger partial charge is 0.221 e. The highest BCUT2D eigenvalue weighted by atomic mass is 32.2. The van der Waals surface area contributed by atoms with Crippen LogP contribution < -0.4 is 10.6 Å². The summed E-state index contributed by atoms with van der Waals surface area (Å²) >= 11 is 1.93. The largest absolute Gasteiger partial charge is 0.381 e. The van der Waals surface area contributed by atoms with E-state index in [1.807, 2.05) is 11.8 Å². The Bertz CT molecular complexity index is 239. The second-order valence-corrected chi connectivity index (χ2v) is 5.94. The van der Waals surface area contributed by atoms with Gasteiger partial charge in [-0.2, -0.15) is 11.8 Å². The Morgan fingerprint density at radius 3 is 2.94 bits per heavy atom. The molecule has 2 rings (SSSR count). The van der Waals surface area contributed by atoms with E-state index in [0.717, 1.165) is 44.9 Å². The second-order valence-electron chi connectivity index (χ2n) is 4.79. The van der Waals surface area contributed by atoms with Crippen LogP contribution in [0.15, 0.2) is 0 Å². The van der Waals surface area contributed by atoms with Crippen LogP contribution >= 0.6 is 11.8 Å². The third kappa shape index (κ3) is 4.85. The van der Waals surface area contributed by atoms with Crippen molar-refractivity contribution in [1.29, 1.82) is 0 Å². The average Bonchev–Trinajstić information content (AvgIpc) is 2.39. The molecule has 4 nitrogen and oxygen atoms in total. The van der Waals surface area contributed by atoms with E-state index < -0.39 is 0 Å². The summed E-state index contributed by atoms with van der Waals surface area (Å²) in [5.41, 5.74) is 0. The minimum Gasteiger partial charge on any atom is -0.381 e. The van der Waals surface area contributed by atoms with Crippen molar-refractivity contribution in [2.75, 3.05) is 37.8 Å². The van der Waals surface area contributed by atoms with Gasteiger partial charge < -0.3 is 15.4 Å². The van der Waals surface area contributed by atoms with Gasteiger partial charge in [0.2, 0.25) is 5.91 Å². The quantitative estimate of drug-likeness (QED) is 0.776. The third-order valence-electron chi connectivity index (χ3n) is 3.36. The normalized spacial score (nSPS) is 26.7. The highest BCUT2D eigenvalue weighted by molar-refractivity contribution is 7.99. The van der Waals surface area contributed by atoms with Crippen LogP contribution in [-0.2, 0) is 9.53 Å². The molecule has 0 aliphatic carbocycles. The Morgan fingerprint density at radius 2 is 2.24 bits per heavy atom. The van der Waals surface area contributed by atoms with Crippen molar-refractivity contribution < 1.29 is 9.53 Å². The van der Waals surface area contributed by atoms with Gasteiger partial charge in [-0.25, -0.2) is 0 Å². The maximum absolute atomic E-state index is 11.8. The molecule has 0 spiro atoms. The number of ether oxygens (including phenoxy) is 1. The summed E-state index contributed by atoms with van der Waals surface area (Å²) in [5, 5.41) is 6.44. The van der Waals surface area contributed by atoms with Gasteiger partial charge in [-0.15, -0.1) is 0 Å². The van der Waals surface area contributed by atoms with Crippen LogP contribution in [0.3, 0.4) is 0 Å². The van der Waals surface area contributed by atoms with E-state index in [2.05, 4.69) is 10.6 Å². The van der Waals surface area contributed by atoms with Gasteiger partial charge in [0, 0.05) is 50.3 Å². The standard InChI is InChI=1S/C12H22N2O2S/c15-12(7-11-9-17-6-3-13-11)14-8-10-1-4-16-5-2-10/h10-11,13H,1-9H2,(H,14,15). The molecular formula is C12H22N2O2S. The molecule has 5 heteroatoms. The summed E-state index contributed by atoms with van der Waals surface area (Å²) in [4.78, 5) is 11.8. The minimum atomic E-state index is 0.191. The molecule has 0 aromatic heterocycles. The highest BCUT2D eigenvalue weighted by Gasteiger charge is 2.18. The van der Waals surface area contributed by atoms with E-state index in [9.17, 15) is 4.79 Å². The van der Waals surface area contributed by atoms with Crippen LogP contribution in [0.1, 0.15) is 19.3 Å². The summed E-state index contributed by atoms with van der Waals surface area (Å²) in [6.45, 7) is 3.55. The number of rotatable bonds is 4. The average molecular weight is 258 g/mol. The number of hydrogen-bond donors (Lipinski definition) is 2. The van der Waals surface area contributed by atoms with Crippen LogP contribution in [0.25, 0.3) is 0 Å². The molecule has 98 valence electrons. The molecule has 0 bridgehead atoms. The fourth-order valence-electron chi connectivity index (χ4n) is 2.26. The van der Waals surface area contributed by atoms with E-state index in [4.69, 9.17) is 4.74 Å². The fourth-order valence-corrected chi connectivity index (χ4v) is 3.20. The van der Waals surface area contributed by atoms with Crippen molar-refractivity contribution in [3.63, 3.8) is 0 Å². The van der Waals surface area contributed by atoms with Gasteiger partial charge in [-0.05, 0) is 18.8 Å². The van der Waals surface area contributed by atoms with Crippen LogP contribution in [0.2, 0.25) is 0 Å². The molecular weight excluding hydrogens is 236 g/mol. The molecule has 2 aliphatic heterocycles. The van der Waals surface area contributed by atoms with Crippen LogP contribution in [0.5, 0.6) is 0 Å². The van der Waals surface area contributed by atoms with Crippen molar-refractivity contribution in [1.82, 2.24) is 10.6 Å². The van der Waals surface area contributed by atoms with Gasteiger partial charge in [0.15, 0.2) is 0 Å². The Hall–Kier alpha value is -0.260. The molecule has 2 heterocycles. The third-order valence-corrected chi connectivity index (χ3v) is 4.49. The second kappa shape index (κ2) is 7.24. The lowest BCUT2D eigenvalue weighted by molar-refractivity contribution is -0.121. The molecule has 2 N–H and O–H groups in total. The van der Waals surface area contributed by atoms with E-state index in [1.165, 1.54) is 5.75 Å². The molecule has 2 saturated heterocycles. The molecule has 17 heavy (non-hydrogen) atoms. The van der Waals surface area contributed by atoms with E-state index in [1.54, 1.807) is 0 Å². The lowest BCUT2D eigenvalue weighted by Crippen LogP contribution is -2.42. The van der Waals surface area contributed by atoms with Gasteiger partial charge in [0.25, 0.3) is 0 Å². The van der Waals surface area contributed by atoms with Crippen molar-refractivity contribution in [2.24, 2.45) is 5.92 Å². The molecule has 2 aliphatic rings. The first-order chi connectivity index (χ1) is 8.34. The summed E-state index contributed by atoms with van der Waals surface area (Å²) in [7, 11) is 0. The zero-order valence-electron chi connectivity index (χ0n) is 10.2. The SMILES string of the molecule is O=C(CC1CSCCN1)NCC1CCOCC1. The number of hydrogen-bond acceptors (Lipinski definition) is 4. The Kier molecular flexibility index (Phi) is 5.61. The lowest BCUT2D eigenvalue weighted by atomic mass is 10.0. The molecule has 0 saturated carbocycles. The maximum Gasteiger partial charge on any atom is 0.221 e. The number of amides is 1. The lowest BCUT2D eigenvalue weighted by Gasteiger charge is -2.24. The van der Waals surface area contributed by atoms with Crippen LogP contribution in [0, 0.1) is 5.92 Å². The molecule has 1 unspecified atom stereocenters. The maximum atomic E-state index is 11.8. The molecule has 0 aromatic rings. The number of carbonyl (C=O) groups excluding carboxylic acids is 1. The monoisotopic (exact) mass is 258 g/mol. The first kappa shape index (κ1) is 13.2. The predicted octanol–water partition coefficient (Wildman–Crippen LogP) is 0.624. The molecule has 0 aromatic carbocycles. The van der Waals surface area contributed by atoms with Crippen molar-refractivity contribution in [3.05, 3.63) is 0 Å². The van der Waals surface area contributed by atoms with E-state index in [0.29, 0.717) is 18.4 Å². The first-order valence-corrected chi connectivity index (χ1v) is 7.65. The summed E-state index contributed by atoms with van der Waals surface area (Å²) in [5.74, 6) is 3.03. The summed E-state index contributed by atoms with van der Waals surface area (Å²) < 4.78 is 5.30. The summed E-state index contributed by atoms with van der Waals surface area (Å²) in [6, 6.07) is 0.364. The topological polar surface area (TPSA) is 50.4 Å². The Labute approximate surface area is 107 Å². The Morgan fingerprint density at radius 1 is 1.41 bits per heavy atom. The predicted molar refractivity (Wildman–Crippen MR) is 70.3 cm³/mol. The molecule has 1 atom stereocenters. The van der Waals surface area contributed by atoms with Gasteiger partial charge in [0.05, 0.1) is 0 Å². The highest BCUT2D eigenvalue weighted by Crippen LogP contribution is 2.14. The number of nitrogens with one attached hydrogen (secondary N) is 2. The van der Waals surface area contributed by atoms with Gasteiger partial charge in [-0.3, -0.25) is 4.79 Å². The zero-order valence-corrected chi connectivity index (χ0v) is 11.1. The van der Waals surface area contributed by atoms with Crippen molar-refractivity contribution in [3.8, 4) is 0 Å². The molecule has 1 amide bonds. The van der Waals surface area contributed by atoms with E-state index in [-0.39, 0.29) is 5.91 Å². The van der Waals surface area contributed by atoms with E-state index >= 15 is 0 Å². The Balaban J connectivity index is 1.59. The molecule has 2 fully saturated rings. The number of carbonyl (C=O) groups is 1.